The van der Waals surface area contributed by atoms with E-state index in [2.05, 4.69) is 178 Å². The molecule has 0 saturated carbocycles. The van der Waals surface area contributed by atoms with Gasteiger partial charge in [-0.05, 0) is 68.8 Å². The van der Waals surface area contributed by atoms with E-state index in [4.69, 9.17) is 14.7 Å². The molecule has 0 fully saturated rings. The molecule has 1 aliphatic heterocycles. The predicted octanol–water partition coefficient (Wildman–Crippen LogP) is 12.3. The number of ether oxygens (including phenoxy) is 1. The molecule has 0 N–H and O–H groups in total. The van der Waals surface area contributed by atoms with Gasteiger partial charge in [0.2, 0.25) is 0 Å². The van der Waals surface area contributed by atoms with Crippen LogP contribution >= 0.6 is 0 Å². The van der Waals surface area contributed by atoms with E-state index in [1.54, 1.807) is 0 Å². The van der Waals surface area contributed by atoms with Crippen molar-refractivity contribution < 1.29 is 4.74 Å². The van der Waals surface area contributed by atoms with Gasteiger partial charge in [0.1, 0.15) is 11.5 Å². The largest absolute Gasteiger partial charge is 0.456 e. The van der Waals surface area contributed by atoms with Crippen LogP contribution in [0.15, 0.2) is 170 Å². The van der Waals surface area contributed by atoms with Gasteiger partial charge in [0.15, 0.2) is 5.82 Å². The van der Waals surface area contributed by atoms with Gasteiger partial charge in [-0.3, -0.25) is 0 Å². The lowest BCUT2D eigenvalue weighted by Crippen LogP contribution is -2.32. The highest BCUT2D eigenvalue weighted by Gasteiger charge is 2.51. The fourth-order valence-corrected chi connectivity index (χ4v) is 9.39. The lowest BCUT2D eigenvalue weighted by Gasteiger charge is -2.39. The molecule has 3 heteroatoms. The van der Waals surface area contributed by atoms with Crippen molar-refractivity contribution in [1.29, 1.82) is 0 Å². The summed E-state index contributed by atoms with van der Waals surface area (Å²) in [5.41, 5.74) is 16.6. The van der Waals surface area contributed by atoms with Crippen LogP contribution in [0.1, 0.15) is 47.2 Å². The highest BCUT2D eigenvalue weighted by atomic mass is 16.5. The Morgan fingerprint density at radius 3 is 1.64 bits per heavy atom. The zero-order valence-electron chi connectivity index (χ0n) is 29.5. The van der Waals surface area contributed by atoms with Crippen LogP contribution < -0.4 is 4.74 Å². The second-order valence-electron chi connectivity index (χ2n) is 14.9. The monoisotopic (exact) mass is 678 g/mol. The Kier molecular flexibility index (Phi) is 6.22. The first-order valence-electron chi connectivity index (χ1n) is 18.3. The van der Waals surface area contributed by atoms with Gasteiger partial charge in [0, 0.05) is 27.7 Å². The van der Waals surface area contributed by atoms with Crippen molar-refractivity contribution in [3.05, 3.63) is 203 Å². The number of fused-ring (bicyclic) bond motifs is 12. The summed E-state index contributed by atoms with van der Waals surface area (Å²) < 4.78 is 7.01. The molecule has 1 aromatic heterocycles. The van der Waals surface area contributed by atoms with Gasteiger partial charge in [-0.25, -0.2) is 9.97 Å². The van der Waals surface area contributed by atoms with Crippen LogP contribution in [0.25, 0.3) is 56.2 Å². The number of aromatic nitrogens is 2. The summed E-state index contributed by atoms with van der Waals surface area (Å²) in [6.07, 6.45) is 0. The lowest BCUT2D eigenvalue weighted by atomic mass is 9.66. The van der Waals surface area contributed by atoms with Crippen LogP contribution in [0.2, 0.25) is 0 Å². The van der Waals surface area contributed by atoms with Crippen molar-refractivity contribution in [2.24, 2.45) is 0 Å². The van der Waals surface area contributed by atoms with Crippen molar-refractivity contribution in [2.75, 3.05) is 0 Å². The number of hydrogen-bond acceptors (Lipinski definition) is 3. The minimum Gasteiger partial charge on any atom is -0.456 e. The Labute approximate surface area is 309 Å². The number of nitrogens with zero attached hydrogens (tertiary/aromatic N) is 2. The Balaban J connectivity index is 1.16. The van der Waals surface area contributed by atoms with Gasteiger partial charge in [-0.2, -0.15) is 0 Å². The molecular weight excluding hydrogens is 645 g/mol. The molecular formula is C50H34N2O. The molecule has 0 amide bonds. The van der Waals surface area contributed by atoms with Crippen LogP contribution in [-0.2, 0) is 10.8 Å². The molecule has 2 aliphatic carbocycles. The van der Waals surface area contributed by atoms with Crippen molar-refractivity contribution >= 4 is 0 Å². The van der Waals surface area contributed by atoms with E-state index >= 15 is 0 Å². The van der Waals surface area contributed by atoms with E-state index < -0.39 is 5.41 Å². The summed E-state index contributed by atoms with van der Waals surface area (Å²) in [4.78, 5) is 10.7. The number of para-hydroxylation sites is 2. The third kappa shape index (κ3) is 4.11. The van der Waals surface area contributed by atoms with Crippen molar-refractivity contribution in [3.63, 3.8) is 0 Å². The number of hydrogen-bond donors (Lipinski definition) is 0. The number of rotatable bonds is 3. The molecule has 1 spiro atoms. The smallest absolute Gasteiger partial charge is 0.164 e. The first-order valence-corrected chi connectivity index (χ1v) is 18.3. The molecule has 0 saturated heterocycles. The molecule has 11 rings (SSSR count). The minimum atomic E-state index is -0.562. The summed E-state index contributed by atoms with van der Waals surface area (Å²) in [6, 6.07) is 60.8. The molecule has 53 heavy (non-hydrogen) atoms. The Bertz CT molecular complexity index is 2750. The third-order valence-electron chi connectivity index (χ3n) is 11.8. The maximum atomic E-state index is 7.01. The lowest BCUT2D eigenvalue weighted by molar-refractivity contribution is 0.437. The fourth-order valence-electron chi connectivity index (χ4n) is 9.39. The second kappa shape index (κ2) is 11.0. The molecule has 0 radical (unpaired) electrons. The SMILES string of the molecule is CC1(C)c2ccccc2-c2ccc(-c3cc(-c4ccccc4)nc(-c4cccc5c4Oc4ccccc4C54c5ccccc5-c5ccccc54)n3)cc21. The maximum absolute atomic E-state index is 7.01. The Morgan fingerprint density at radius 1 is 0.396 bits per heavy atom. The second-order valence-corrected chi connectivity index (χ2v) is 14.9. The molecule has 2 heterocycles. The van der Waals surface area contributed by atoms with E-state index in [0.717, 1.165) is 50.7 Å². The van der Waals surface area contributed by atoms with Gasteiger partial charge >= 0.3 is 0 Å². The van der Waals surface area contributed by atoms with Crippen LogP contribution in [0.3, 0.4) is 0 Å². The van der Waals surface area contributed by atoms with Crippen LogP contribution in [0, 0.1) is 0 Å². The Morgan fingerprint density at radius 2 is 0.925 bits per heavy atom. The highest BCUT2D eigenvalue weighted by Crippen LogP contribution is 2.63. The summed E-state index contributed by atoms with van der Waals surface area (Å²) in [5.74, 6) is 2.27. The van der Waals surface area contributed by atoms with Gasteiger partial charge in [-0.15, -0.1) is 0 Å². The van der Waals surface area contributed by atoms with Crippen molar-refractivity contribution in [1.82, 2.24) is 9.97 Å². The minimum absolute atomic E-state index is 0.123. The van der Waals surface area contributed by atoms with Gasteiger partial charge in [-0.1, -0.05) is 159 Å². The van der Waals surface area contributed by atoms with E-state index in [0.29, 0.717) is 5.82 Å². The third-order valence-corrected chi connectivity index (χ3v) is 11.8. The average molecular weight is 679 g/mol. The molecule has 7 aromatic carbocycles. The first kappa shape index (κ1) is 30.1. The standard InChI is InChI=1S/C50H34N2O/c1-49(2)38-21-9-6-17-33(38)36-28-27-32(29-43(36)49)45-30-44(31-15-4-3-5-16-31)51-48(52-45)37-20-14-25-42-47(37)53-46-26-13-12-24-41(46)50(42)39-22-10-7-18-34(39)35-19-8-11-23-40(35)50/h3-30H,1-2H3. The Hall–Kier alpha value is -6.58. The van der Waals surface area contributed by atoms with Crippen LogP contribution in [0.5, 0.6) is 11.5 Å². The van der Waals surface area contributed by atoms with E-state index in [-0.39, 0.29) is 5.41 Å². The number of benzene rings is 7. The van der Waals surface area contributed by atoms with Crippen LogP contribution in [-0.4, -0.2) is 9.97 Å². The zero-order valence-corrected chi connectivity index (χ0v) is 29.5. The highest BCUT2D eigenvalue weighted by molar-refractivity contribution is 5.90. The molecule has 8 aromatic rings. The van der Waals surface area contributed by atoms with E-state index in [1.165, 1.54) is 44.5 Å². The fraction of sp³-hybridized carbons (Fsp3) is 0.0800. The zero-order chi connectivity index (χ0) is 35.3. The van der Waals surface area contributed by atoms with Gasteiger partial charge < -0.3 is 4.74 Å². The maximum Gasteiger partial charge on any atom is 0.164 e. The predicted molar refractivity (Wildman–Crippen MR) is 213 cm³/mol. The van der Waals surface area contributed by atoms with Gasteiger partial charge in [0.05, 0.1) is 22.4 Å². The van der Waals surface area contributed by atoms with Crippen molar-refractivity contribution in [2.45, 2.75) is 24.7 Å². The van der Waals surface area contributed by atoms with Crippen molar-refractivity contribution in [3.8, 4) is 67.7 Å². The van der Waals surface area contributed by atoms with Crippen LogP contribution in [0.4, 0.5) is 0 Å². The molecule has 250 valence electrons. The summed E-state index contributed by atoms with van der Waals surface area (Å²) in [7, 11) is 0. The quantitative estimate of drug-likeness (QED) is 0.187. The molecule has 0 atom stereocenters. The summed E-state index contributed by atoms with van der Waals surface area (Å²) in [5, 5.41) is 0. The first-order chi connectivity index (χ1) is 26.0. The summed E-state index contributed by atoms with van der Waals surface area (Å²) >= 11 is 0. The van der Waals surface area contributed by atoms with Gasteiger partial charge in [0.25, 0.3) is 0 Å². The molecule has 3 nitrogen and oxygen atoms in total. The summed E-state index contributed by atoms with van der Waals surface area (Å²) in [6.45, 7) is 4.64. The average Bonchev–Trinajstić information content (AvgIpc) is 3.63. The topological polar surface area (TPSA) is 35.0 Å². The van der Waals surface area contributed by atoms with E-state index in [1.807, 2.05) is 6.07 Å². The normalized spacial score (nSPS) is 14.7. The molecule has 0 bridgehead atoms. The van der Waals surface area contributed by atoms with E-state index in [9.17, 15) is 0 Å². The molecule has 3 aliphatic rings. The molecule has 0 unspecified atom stereocenters.